The number of halogens is 1. The van der Waals surface area contributed by atoms with Crippen LogP contribution in [0.3, 0.4) is 0 Å². The Hall–Kier alpha value is -0.0800. The van der Waals surface area contributed by atoms with Crippen LogP contribution in [0, 0.1) is 0 Å². The molecule has 1 atom stereocenters. The first-order chi connectivity index (χ1) is 9.63. The fraction of sp³-hybridized carbons (Fsp3) is 0.933. The SMILES string of the molecule is CCN(CC)CCCNC(=NC)NCC1(C)CCCO1.I. The van der Waals surface area contributed by atoms with Crippen LogP contribution in [0.4, 0.5) is 0 Å². The Morgan fingerprint density at radius 1 is 1.29 bits per heavy atom. The van der Waals surface area contributed by atoms with E-state index >= 15 is 0 Å². The molecule has 0 aromatic rings. The van der Waals surface area contributed by atoms with Crippen molar-refractivity contribution < 1.29 is 4.74 Å². The van der Waals surface area contributed by atoms with Crippen LogP contribution < -0.4 is 10.6 Å². The molecule has 0 aromatic heterocycles. The van der Waals surface area contributed by atoms with Crippen molar-refractivity contribution in [3.05, 3.63) is 0 Å². The molecular weight excluding hydrogens is 379 g/mol. The van der Waals surface area contributed by atoms with E-state index in [1.165, 1.54) is 0 Å². The fourth-order valence-electron chi connectivity index (χ4n) is 2.52. The predicted molar refractivity (Wildman–Crippen MR) is 101 cm³/mol. The second-order valence-corrected chi connectivity index (χ2v) is 5.63. The van der Waals surface area contributed by atoms with E-state index < -0.39 is 0 Å². The zero-order chi connectivity index (χ0) is 14.8. The summed E-state index contributed by atoms with van der Waals surface area (Å²) in [5.41, 5.74) is -0.0289. The van der Waals surface area contributed by atoms with Crippen LogP contribution >= 0.6 is 24.0 Å². The van der Waals surface area contributed by atoms with Gasteiger partial charge in [-0.25, -0.2) is 0 Å². The van der Waals surface area contributed by atoms with Crippen LogP contribution in [-0.2, 0) is 4.74 Å². The van der Waals surface area contributed by atoms with Crippen LogP contribution in [-0.4, -0.2) is 62.8 Å². The summed E-state index contributed by atoms with van der Waals surface area (Å²) in [5.74, 6) is 0.876. The molecule has 0 saturated carbocycles. The number of ether oxygens (including phenoxy) is 1. The highest BCUT2D eigenvalue weighted by Gasteiger charge is 2.29. The van der Waals surface area contributed by atoms with E-state index in [1.54, 1.807) is 0 Å². The van der Waals surface area contributed by atoms with Crippen LogP contribution in [0.15, 0.2) is 4.99 Å². The smallest absolute Gasteiger partial charge is 0.191 e. The van der Waals surface area contributed by atoms with Gasteiger partial charge in [0, 0.05) is 26.7 Å². The van der Waals surface area contributed by atoms with Gasteiger partial charge in [0.05, 0.1) is 5.60 Å². The second kappa shape index (κ2) is 11.5. The van der Waals surface area contributed by atoms with Gasteiger partial charge in [-0.05, 0) is 45.8 Å². The maximum atomic E-state index is 5.77. The Labute approximate surface area is 147 Å². The average Bonchev–Trinajstić information content (AvgIpc) is 2.89. The Morgan fingerprint density at radius 2 is 2.00 bits per heavy atom. The summed E-state index contributed by atoms with van der Waals surface area (Å²) in [6.45, 7) is 12.6. The quantitative estimate of drug-likeness (QED) is 0.277. The lowest BCUT2D eigenvalue weighted by molar-refractivity contribution is 0.0243. The van der Waals surface area contributed by atoms with Crippen molar-refractivity contribution in [2.75, 3.05) is 46.4 Å². The summed E-state index contributed by atoms with van der Waals surface area (Å²) in [6.07, 6.45) is 3.42. The lowest BCUT2D eigenvalue weighted by atomic mass is 10.0. The second-order valence-electron chi connectivity index (χ2n) is 5.63. The maximum Gasteiger partial charge on any atom is 0.191 e. The van der Waals surface area contributed by atoms with E-state index in [0.717, 1.165) is 64.6 Å². The highest BCUT2D eigenvalue weighted by Crippen LogP contribution is 2.23. The van der Waals surface area contributed by atoms with E-state index in [4.69, 9.17) is 4.74 Å². The topological polar surface area (TPSA) is 48.9 Å². The maximum absolute atomic E-state index is 5.77. The number of guanidine groups is 1. The molecule has 1 aliphatic rings. The molecule has 0 aliphatic carbocycles. The summed E-state index contributed by atoms with van der Waals surface area (Å²) in [5, 5.41) is 6.74. The molecule has 0 aromatic carbocycles. The zero-order valence-corrected chi connectivity index (χ0v) is 16.4. The molecule has 1 fully saturated rings. The van der Waals surface area contributed by atoms with E-state index in [0.29, 0.717) is 0 Å². The average molecular weight is 412 g/mol. The minimum Gasteiger partial charge on any atom is -0.373 e. The van der Waals surface area contributed by atoms with Gasteiger partial charge in [-0.3, -0.25) is 4.99 Å². The normalized spacial score (nSPS) is 22.2. The largest absolute Gasteiger partial charge is 0.373 e. The van der Waals surface area contributed by atoms with Crippen molar-refractivity contribution in [3.8, 4) is 0 Å². The highest BCUT2D eigenvalue weighted by molar-refractivity contribution is 14.0. The lowest BCUT2D eigenvalue weighted by Gasteiger charge is -2.25. The Kier molecular flexibility index (Phi) is 11.4. The van der Waals surface area contributed by atoms with Crippen LogP contribution in [0.5, 0.6) is 0 Å². The van der Waals surface area contributed by atoms with Crippen molar-refractivity contribution in [3.63, 3.8) is 0 Å². The van der Waals surface area contributed by atoms with Crippen LogP contribution in [0.2, 0.25) is 0 Å². The summed E-state index contributed by atoms with van der Waals surface area (Å²) in [6, 6.07) is 0. The molecule has 1 unspecified atom stereocenters. The van der Waals surface area contributed by atoms with Gasteiger partial charge >= 0.3 is 0 Å². The third-order valence-corrected chi connectivity index (χ3v) is 3.99. The summed E-state index contributed by atoms with van der Waals surface area (Å²) in [7, 11) is 1.82. The molecule has 0 spiro atoms. The number of hydrogen-bond acceptors (Lipinski definition) is 3. The predicted octanol–water partition coefficient (Wildman–Crippen LogP) is 2.07. The third-order valence-electron chi connectivity index (χ3n) is 3.99. The minimum atomic E-state index is -0.0289. The Bertz CT molecular complexity index is 289. The van der Waals surface area contributed by atoms with Gasteiger partial charge in [0.2, 0.25) is 0 Å². The first-order valence-corrected chi connectivity index (χ1v) is 7.94. The number of hydrogen-bond donors (Lipinski definition) is 2. The number of aliphatic imine (C=N–C) groups is 1. The molecule has 1 aliphatic heterocycles. The molecule has 126 valence electrons. The van der Waals surface area contributed by atoms with Crippen molar-refractivity contribution in [1.82, 2.24) is 15.5 Å². The first kappa shape index (κ1) is 20.9. The first-order valence-electron chi connectivity index (χ1n) is 7.94. The van der Waals surface area contributed by atoms with E-state index in [2.05, 4.69) is 41.3 Å². The van der Waals surface area contributed by atoms with Crippen molar-refractivity contribution in [1.29, 1.82) is 0 Å². The lowest BCUT2D eigenvalue weighted by Crippen LogP contribution is -2.46. The van der Waals surface area contributed by atoms with Crippen molar-refractivity contribution in [2.45, 2.75) is 45.6 Å². The molecule has 5 nitrogen and oxygen atoms in total. The van der Waals surface area contributed by atoms with E-state index in [9.17, 15) is 0 Å². The van der Waals surface area contributed by atoms with Crippen LogP contribution in [0.25, 0.3) is 0 Å². The molecule has 6 heteroatoms. The molecule has 1 rings (SSSR count). The zero-order valence-electron chi connectivity index (χ0n) is 14.1. The minimum absolute atomic E-state index is 0. The standard InChI is InChI=1S/C15H32N4O.HI/c1-5-19(6-2)11-8-10-17-14(16-4)18-13-15(3)9-7-12-20-15;/h5-13H2,1-4H3,(H2,16,17,18);1H. The Balaban J connectivity index is 0.00000400. The van der Waals surface area contributed by atoms with Gasteiger partial charge in [0.15, 0.2) is 5.96 Å². The van der Waals surface area contributed by atoms with Crippen molar-refractivity contribution in [2.24, 2.45) is 4.99 Å². The van der Waals surface area contributed by atoms with Gasteiger partial charge in [-0.15, -0.1) is 24.0 Å². The molecule has 0 bridgehead atoms. The van der Waals surface area contributed by atoms with Gasteiger partial charge in [0.25, 0.3) is 0 Å². The van der Waals surface area contributed by atoms with Gasteiger partial charge in [0.1, 0.15) is 0 Å². The van der Waals surface area contributed by atoms with Gasteiger partial charge < -0.3 is 20.3 Å². The molecule has 2 N–H and O–H groups in total. The van der Waals surface area contributed by atoms with Crippen LogP contribution in [0.1, 0.15) is 40.0 Å². The van der Waals surface area contributed by atoms with E-state index in [-0.39, 0.29) is 29.6 Å². The van der Waals surface area contributed by atoms with E-state index in [1.807, 2.05) is 7.05 Å². The summed E-state index contributed by atoms with van der Waals surface area (Å²) in [4.78, 5) is 6.70. The summed E-state index contributed by atoms with van der Waals surface area (Å²) < 4.78 is 5.77. The fourth-order valence-corrected chi connectivity index (χ4v) is 2.52. The Morgan fingerprint density at radius 3 is 2.52 bits per heavy atom. The number of rotatable bonds is 8. The molecule has 1 heterocycles. The highest BCUT2D eigenvalue weighted by atomic mass is 127. The number of nitrogens with one attached hydrogen (secondary N) is 2. The third kappa shape index (κ3) is 8.21. The molecule has 1 saturated heterocycles. The number of nitrogens with zero attached hydrogens (tertiary/aromatic N) is 2. The summed E-state index contributed by atoms with van der Waals surface area (Å²) >= 11 is 0. The molecular formula is C15H33IN4O. The molecule has 0 radical (unpaired) electrons. The van der Waals surface area contributed by atoms with Crippen molar-refractivity contribution >= 4 is 29.9 Å². The van der Waals surface area contributed by atoms with Gasteiger partial charge in [-0.2, -0.15) is 0 Å². The monoisotopic (exact) mass is 412 g/mol. The molecule has 21 heavy (non-hydrogen) atoms. The molecule has 0 amide bonds. The van der Waals surface area contributed by atoms with Gasteiger partial charge in [-0.1, -0.05) is 13.8 Å².